The van der Waals surface area contributed by atoms with Gasteiger partial charge in [-0.1, -0.05) is 18.2 Å². The number of carbonyl (C=O) groups excluding carboxylic acids is 1. The van der Waals surface area contributed by atoms with Crippen molar-refractivity contribution < 1.29 is 23.4 Å². The molecule has 2 aromatic rings. The summed E-state index contributed by atoms with van der Waals surface area (Å²) in [6.45, 7) is 6.96. The number of aliphatic hydroxyl groups excluding tert-OH is 1. The summed E-state index contributed by atoms with van der Waals surface area (Å²) in [5.74, 6) is 0.469. The summed E-state index contributed by atoms with van der Waals surface area (Å²) in [4.78, 5) is 16.4. The molecule has 0 aromatic heterocycles. The molecule has 2 aliphatic heterocycles. The zero-order valence-corrected chi connectivity index (χ0v) is 20.7. The van der Waals surface area contributed by atoms with Crippen LogP contribution in [0.3, 0.4) is 0 Å². The van der Waals surface area contributed by atoms with Crippen molar-refractivity contribution in [1.29, 1.82) is 0 Å². The van der Waals surface area contributed by atoms with E-state index in [-0.39, 0.29) is 5.91 Å². The number of nitrogens with zero attached hydrogens (tertiary/aromatic N) is 2. The van der Waals surface area contributed by atoms with Gasteiger partial charge in [-0.2, -0.15) is 0 Å². The number of hydrogen-bond acceptors (Lipinski definition) is 4. The minimum atomic E-state index is -1.17. The number of rotatable bonds is 7. The van der Waals surface area contributed by atoms with Gasteiger partial charge in [-0.15, -0.1) is 0 Å². The summed E-state index contributed by atoms with van der Waals surface area (Å²) in [6.07, 6.45) is 2.90. The molecule has 35 heavy (non-hydrogen) atoms. The van der Waals surface area contributed by atoms with E-state index in [4.69, 9.17) is 4.74 Å². The van der Waals surface area contributed by atoms with Crippen LogP contribution in [0.4, 0.5) is 8.78 Å². The molecule has 0 spiro atoms. The van der Waals surface area contributed by atoms with Gasteiger partial charge in [-0.05, 0) is 88.4 Å². The molecule has 2 aliphatic rings. The second-order valence-electron chi connectivity index (χ2n) is 10.5. The number of benzene rings is 2. The molecule has 2 saturated heterocycles. The summed E-state index contributed by atoms with van der Waals surface area (Å²) < 4.78 is 34.7. The van der Waals surface area contributed by atoms with Crippen molar-refractivity contribution >= 4 is 5.91 Å². The summed E-state index contributed by atoms with van der Waals surface area (Å²) in [5, 5.41) is 9.81. The fourth-order valence-corrected chi connectivity index (χ4v) is 4.99. The zero-order valence-electron chi connectivity index (χ0n) is 20.7. The first-order valence-electron chi connectivity index (χ1n) is 12.6. The standard InChI is InChI=1S/C28H36F2N2O3/c1-28(2,30)19-31-14-11-20(12-15-31)18-35-24-8-5-21(6-9-24)25-10-7-22(16-26(25)29)27(34)32-13-3-4-23(33)17-32/h5-10,16,20,23,33H,3-4,11-15,17-19H2,1-2H3. The third kappa shape index (κ3) is 7.01. The summed E-state index contributed by atoms with van der Waals surface area (Å²) in [7, 11) is 0. The van der Waals surface area contributed by atoms with Crippen LogP contribution in [0, 0.1) is 11.7 Å². The highest BCUT2D eigenvalue weighted by Gasteiger charge is 2.26. The number of carbonyl (C=O) groups is 1. The predicted molar refractivity (Wildman–Crippen MR) is 133 cm³/mol. The Labute approximate surface area is 206 Å². The Kier molecular flexibility index (Phi) is 8.07. The molecule has 0 radical (unpaired) electrons. The summed E-state index contributed by atoms with van der Waals surface area (Å²) in [6, 6.07) is 11.9. The Morgan fingerprint density at radius 2 is 1.80 bits per heavy atom. The maximum absolute atomic E-state index is 14.9. The second-order valence-corrected chi connectivity index (χ2v) is 10.5. The van der Waals surface area contributed by atoms with Crippen molar-refractivity contribution in [3.8, 4) is 16.9 Å². The van der Waals surface area contributed by atoms with E-state index in [0.717, 1.165) is 38.1 Å². The van der Waals surface area contributed by atoms with E-state index < -0.39 is 17.6 Å². The second kappa shape index (κ2) is 11.0. The van der Waals surface area contributed by atoms with Crippen LogP contribution in [-0.2, 0) is 0 Å². The van der Waals surface area contributed by atoms with Crippen molar-refractivity contribution in [2.75, 3.05) is 39.3 Å². The number of hydrogen-bond donors (Lipinski definition) is 1. The molecule has 0 saturated carbocycles. The lowest BCUT2D eigenvalue weighted by molar-refractivity contribution is 0.0473. The maximum atomic E-state index is 14.9. The van der Waals surface area contributed by atoms with Crippen LogP contribution in [0.1, 0.15) is 49.9 Å². The van der Waals surface area contributed by atoms with Gasteiger partial charge in [0.1, 0.15) is 17.2 Å². The lowest BCUT2D eigenvalue weighted by Gasteiger charge is -2.34. The lowest BCUT2D eigenvalue weighted by Crippen LogP contribution is -2.42. The van der Waals surface area contributed by atoms with Crippen molar-refractivity contribution in [1.82, 2.24) is 9.80 Å². The summed E-state index contributed by atoms with van der Waals surface area (Å²) >= 11 is 0. The van der Waals surface area contributed by atoms with Gasteiger partial charge in [0.2, 0.25) is 0 Å². The van der Waals surface area contributed by atoms with Gasteiger partial charge in [0, 0.05) is 30.8 Å². The monoisotopic (exact) mass is 486 g/mol. The number of aliphatic hydroxyl groups is 1. The van der Waals surface area contributed by atoms with Gasteiger partial charge in [0.25, 0.3) is 5.91 Å². The first-order valence-corrected chi connectivity index (χ1v) is 12.6. The van der Waals surface area contributed by atoms with E-state index >= 15 is 0 Å². The van der Waals surface area contributed by atoms with Crippen molar-refractivity contribution in [2.24, 2.45) is 5.92 Å². The van der Waals surface area contributed by atoms with E-state index in [1.54, 1.807) is 30.9 Å². The minimum absolute atomic E-state index is 0.253. The van der Waals surface area contributed by atoms with E-state index in [0.29, 0.717) is 55.3 Å². The molecule has 0 bridgehead atoms. The molecule has 7 heteroatoms. The van der Waals surface area contributed by atoms with Crippen LogP contribution in [0.15, 0.2) is 42.5 Å². The Morgan fingerprint density at radius 3 is 2.43 bits per heavy atom. The lowest BCUT2D eigenvalue weighted by atomic mass is 9.97. The molecule has 190 valence electrons. The summed E-state index contributed by atoms with van der Waals surface area (Å²) in [5.41, 5.74) is 0.262. The van der Waals surface area contributed by atoms with Crippen molar-refractivity contribution in [3.63, 3.8) is 0 Å². The van der Waals surface area contributed by atoms with Crippen LogP contribution >= 0.6 is 0 Å². The molecule has 1 amide bonds. The number of β-amino-alcohol motifs (C(OH)–C–C–N with tert-alkyl or cyclic N) is 1. The number of ether oxygens (including phenoxy) is 1. The first kappa shape index (κ1) is 25.6. The number of alkyl halides is 1. The fraction of sp³-hybridized carbons (Fsp3) is 0.536. The van der Waals surface area contributed by atoms with Crippen LogP contribution < -0.4 is 4.74 Å². The zero-order chi connectivity index (χ0) is 25.0. The molecule has 5 nitrogen and oxygen atoms in total. The maximum Gasteiger partial charge on any atom is 0.254 e. The molecule has 4 rings (SSSR count). The molecule has 1 atom stereocenters. The Hall–Kier alpha value is -2.51. The highest BCUT2D eigenvalue weighted by atomic mass is 19.1. The average molecular weight is 487 g/mol. The van der Waals surface area contributed by atoms with Gasteiger partial charge in [0.15, 0.2) is 0 Å². The fourth-order valence-electron chi connectivity index (χ4n) is 4.99. The highest BCUT2D eigenvalue weighted by molar-refractivity contribution is 5.95. The normalized spacial score (nSPS) is 20.1. The smallest absolute Gasteiger partial charge is 0.254 e. The largest absolute Gasteiger partial charge is 0.493 e. The molecule has 2 fully saturated rings. The Bertz CT molecular complexity index is 998. The van der Waals surface area contributed by atoms with E-state index in [2.05, 4.69) is 4.90 Å². The number of amides is 1. The number of halogens is 2. The van der Waals surface area contributed by atoms with Gasteiger partial charge < -0.3 is 19.6 Å². The van der Waals surface area contributed by atoms with Gasteiger partial charge in [-0.25, -0.2) is 8.78 Å². The SMILES string of the molecule is CC(C)(F)CN1CCC(COc2ccc(-c3ccc(C(=O)N4CCCC(O)C4)cc3F)cc2)CC1. The minimum Gasteiger partial charge on any atom is -0.493 e. The predicted octanol–water partition coefficient (Wildman–Crippen LogP) is 4.93. The third-order valence-corrected chi connectivity index (χ3v) is 6.86. The van der Waals surface area contributed by atoms with Crippen LogP contribution in [-0.4, -0.2) is 71.9 Å². The van der Waals surface area contributed by atoms with Crippen LogP contribution in [0.5, 0.6) is 5.75 Å². The molecular formula is C28H36F2N2O3. The molecule has 0 aliphatic carbocycles. The molecular weight excluding hydrogens is 450 g/mol. The van der Waals surface area contributed by atoms with Gasteiger partial charge >= 0.3 is 0 Å². The van der Waals surface area contributed by atoms with E-state index in [1.807, 2.05) is 24.3 Å². The molecule has 2 heterocycles. The quantitative estimate of drug-likeness (QED) is 0.603. The highest BCUT2D eigenvalue weighted by Crippen LogP contribution is 2.28. The molecule has 1 N–H and O–H groups in total. The average Bonchev–Trinajstić information content (AvgIpc) is 2.82. The Balaban J connectivity index is 1.30. The van der Waals surface area contributed by atoms with E-state index in [9.17, 15) is 18.7 Å². The van der Waals surface area contributed by atoms with Crippen molar-refractivity contribution in [2.45, 2.75) is 51.3 Å². The van der Waals surface area contributed by atoms with Gasteiger partial charge in [-0.3, -0.25) is 4.79 Å². The number of piperidine rings is 2. The Morgan fingerprint density at radius 1 is 1.09 bits per heavy atom. The number of likely N-dealkylation sites (tertiary alicyclic amines) is 2. The topological polar surface area (TPSA) is 53.0 Å². The first-order chi connectivity index (χ1) is 16.7. The molecule has 2 aromatic carbocycles. The molecule has 1 unspecified atom stereocenters. The van der Waals surface area contributed by atoms with Gasteiger partial charge in [0.05, 0.1) is 12.7 Å². The van der Waals surface area contributed by atoms with E-state index in [1.165, 1.54) is 6.07 Å². The van der Waals surface area contributed by atoms with Crippen LogP contribution in [0.25, 0.3) is 11.1 Å². The van der Waals surface area contributed by atoms with Crippen molar-refractivity contribution in [3.05, 3.63) is 53.8 Å². The third-order valence-electron chi connectivity index (χ3n) is 6.86. The van der Waals surface area contributed by atoms with Crippen LogP contribution in [0.2, 0.25) is 0 Å².